The smallest absolute Gasteiger partial charge is 0.339 e. The van der Waals surface area contributed by atoms with Crippen molar-refractivity contribution in [2.45, 2.75) is 38.6 Å². The average Bonchev–Trinajstić information content (AvgIpc) is 3.04. The maximum Gasteiger partial charge on any atom is 0.339 e. The number of nitrogens with zero attached hydrogens (tertiary/aromatic N) is 1. The molecule has 0 radical (unpaired) electrons. The third kappa shape index (κ3) is 3.22. The van der Waals surface area contributed by atoms with Crippen LogP contribution in [0.2, 0.25) is 0 Å². The molecule has 0 aliphatic carbocycles. The molecule has 1 aromatic heterocycles. The second-order valence-electron chi connectivity index (χ2n) is 6.26. The summed E-state index contributed by atoms with van der Waals surface area (Å²) in [4.78, 5) is 37.1. The molecule has 1 fully saturated rings. The van der Waals surface area contributed by atoms with Gasteiger partial charge in [0.25, 0.3) is 0 Å². The molecule has 1 aliphatic rings. The minimum atomic E-state index is -0.993. The molecule has 3 rings (SSSR count). The van der Waals surface area contributed by atoms with Crippen LogP contribution in [0.3, 0.4) is 0 Å². The van der Waals surface area contributed by atoms with Gasteiger partial charge < -0.3 is 19.5 Å². The maximum atomic E-state index is 12.4. The first-order valence-corrected chi connectivity index (χ1v) is 8.16. The van der Waals surface area contributed by atoms with Gasteiger partial charge >= 0.3 is 11.6 Å². The average molecular weight is 345 g/mol. The van der Waals surface area contributed by atoms with Crippen LogP contribution in [0.15, 0.2) is 27.4 Å². The number of amides is 1. The molecule has 2 N–H and O–H groups in total. The Bertz CT molecular complexity index is 900. The third-order valence-electron chi connectivity index (χ3n) is 4.72. The molecule has 0 spiro atoms. The van der Waals surface area contributed by atoms with Gasteiger partial charge in [-0.25, -0.2) is 9.59 Å². The number of phenolic OH excluding ortho intramolecular Hbond substituents is 1. The van der Waals surface area contributed by atoms with Gasteiger partial charge in [-0.3, -0.25) is 4.79 Å². The summed E-state index contributed by atoms with van der Waals surface area (Å²) < 4.78 is 5.24. The Hall–Kier alpha value is -2.83. The van der Waals surface area contributed by atoms with Gasteiger partial charge in [-0.15, -0.1) is 0 Å². The van der Waals surface area contributed by atoms with Gasteiger partial charge in [0, 0.05) is 30.0 Å². The number of aryl methyl sites for hydroxylation is 1. The number of fused-ring (bicyclic) bond motifs is 1. The van der Waals surface area contributed by atoms with Crippen LogP contribution in [0.1, 0.15) is 30.4 Å². The zero-order chi connectivity index (χ0) is 18.1. The summed E-state index contributed by atoms with van der Waals surface area (Å²) in [7, 11) is 0. The van der Waals surface area contributed by atoms with E-state index in [9.17, 15) is 19.5 Å². The number of carbonyl (C=O) groups is 2. The lowest BCUT2D eigenvalue weighted by Crippen LogP contribution is -2.40. The van der Waals surface area contributed by atoms with E-state index in [4.69, 9.17) is 9.52 Å². The lowest BCUT2D eigenvalue weighted by Gasteiger charge is -2.21. The Morgan fingerprint density at radius 2 is 2.12 bits per heavy atom. The number of carboxylic acids is 1. The van der Waals surface area contributed by atoms with Crippen molar-refractivity contribution in [3.63, 3.8) is 0 Å². The van der Waals surface area contributed by atoms with Crippen molar-refractivity contribution < 1.29 is 24.2 Å². The topological polar surface area (TPSA) is 108 Å². The van der Waals surface area contributed by atoms with Gasteiger partial charge in [-0.05, 0) is 43.9 Å². The number of phenols is 1. The zero-order valence-electron chi connectivity index (χ0n) is 13.8. The Balaban J connectivity index is 1.81. The van der Waals surface area contributed by atoms with Crippen molar-refractivity contribution in [3.8, 4) is 5.75 Å². The van der Waals surface area contributed by atoms with Gasteiger partial charge in [0.2, 0.25) is 5.91 Å². The van der Waals surface area contributed by atoms with E-state index in [0.717, 1.165) is 0 Å². The Morgan fingerprint density at radius 1 is 1.36 bits per heavy atom. The number of rotatable bonds is 4. The lowest BCUT2D eigenvalue weighted by molar-refractivity contribution is -0.148. The summed E-state index contributed by atoms with van der Waals surface area (Å²) in [6, 6.07) is 3.77. The van der Waals surface area contributed by atoms with Crippen LogP contribution in [0.25, 0.3) is 11.0 Å². The first-order valence-electron chi connectivity index (χ1n) is 8.16. The molecule has 7 heteroatoms. The van der Waals surface area contributed by atoms with Gasteiger partial charge in [0.15, 0.2) is 0 Å². The standard InChI is InChI=1S/C18H19NO6/c1-10-12-5-4-11(20)9-15(12)25-18(24)13(10)6-7-16(21)19-8-2-3-14(19)17(22)23/h4-5,9,14,20H,2-3,6-8H2,1H3,(H,22,23). The number of aromatic hydroxyl groups is 1. The Morgan fingerprint density at radius 3 is 2.84 bits per heavy atom. The van der Waals surface area contributed by atoms with E-state index in [-0.39, 0.29) is 24.5 Å². The van der Waals surface area contributed by atoms with E-state index >= 15 is 0 Å². The predicted molar refractivity (Wildman–Crippen MR) is 89.6 cm³/mol. The van der Waals surface area contributed by atoms with Crippen molar-refractivity contribution >= 4 is 22.8 Å². The van der Waals surface area contributed by atoms with Crippen molar-refractivity contribution in [3.05, 3.63) is 39.7 Å². The van der Waals surface area contributed by atoms with Gasteiger partial charge in [0.05, 0.1) is 0 Å². The van der Waals surface area contributed by atoms with Crippen LogP contribution < -0.4 is 5.63 Å². The number of hydrogen-bond acceptors (Lipinski definition) is 5. The SMILES string of the molecule is Cc1c(CCC(=O)N2CCCC2C(=O)O)c(=O)oc2cc(O)ccc12. The highest BCUT2D eigenvalue weighted by molar-refractivity contribution is 5.85. The summed E-state index contributed by atoms with van der Waals surface area (Å²) in [5, 5.41) is 19.4. The van der Waals surface area contributed by atoms with Gasteiger partial charge in [-0.1, -0.05) is 0 Å². The monoisotopic (exact) mass is 345 g/mol. The molecular formula is C18H19NO6. The summed E-state index contributed by atoms with van der Waals surface area (Å²) in [6.45, 7) is 2.20. The highest BCUT2D eigenvalue weighted by Gasteiger charge is 2.33. The number of carboxylic acid groups (broad SMARTS) is 1. The van der Waals surface area contributed by atoms with E-state index in [1.807, 2.05) is 0 Å². The molecule has 1 amide bonds. The molecular weight excluding hydrogens is 326 g/mol. The van der Waals surface area contributed by atoms with Crippen LogP contribution in [0, 0.1) is 6.92 Å². The fraction of sp³-hybridized carbons (Fsp3) is 0.389. The van der Waals surface area contributed by atoms with Crippen LogP contribution >= 0.6 is 0 Å². The quantitative estimate of drug-likeness (QED) is 0.818. The van der Waals surface area contributed by atoms with E-state index in [2.05, 4.69) is 0 Å². The highest BCUT2D eigenvalue weighted by atomic mass is 16.4. The number of likely N-dealkylation sites (tertiary alicyclic amines) is 1. The summed E-state index contributed by atoms with van der Waals surface area (Å²) in [6.07, 6.45) is 1.37. The predicted octanol–water partition coefficient (Wildman–Crippen LogP) is 1.82. The normalized spacial score (nSPS) is 17.2. The number of benzene rings is 1. The van der Waals surface area contributed by atoms with E-state index < -0.39 is 17.6 Å². The molecule has 1 aromatic carbocycles. The number of carbonyl (C=O) groups excluding carboxylic acids is 1. The van der Waals surface area contributed by atoms with Crippen LogP contribution in [-0.2, 0) is 16.0 Å². The molecule has 1 atom stereocenters. The zero-order valence-corrected chi connectivity index (χ0v) is 13.8. The largest absolute Gasteiger partial charge is 0.508 e. The maximum absolute atomic E-state index is 12.4. The summed E-state index contributed by atoms with van der Waals surface area (Å²) in [5.41, 5.74) is 0.857. The van der Waals surface area contributed by atoms with Gasteiger partial charge in [0.1, 0.15) is 17.4 Å². The molecule has 2 heterocycles. The fourth-order valence-electron chi connectivity index (χ4n) is 3.37. The molecule has 132 valence electrons. The Labute approximate surface area is 143 Å². The molecule has 1 saturated heterocycles. The summed E-state index contributed by atoms with van der Waals surface area (Å²) >= 11 is 0. The van der Waals surface area contributed by atoms with Crippen molar-refractivity contribution in [2.75, 3.05) is 6.54 Å². The molecule has 1 unspecified atom stereocenters. The lowest BCUT2D eigenvalue weighted by atomic mass is 10.0. The number of hydrogen-bond donors (Lipinski definition) is 2. The van der Waals surface area contributed by atoms with E-state index in [1.165, 1.54) is 17.0 Å². The second-order valence-corrected chi connectivity index (χ2v) is 6.26. The minimum Gasteiger partial charge on any atom is -0.508 e. The second kappa shape index (κ2) is 6.58. The first kappa shape index (κ1) is 17.0. The first-order chi connectivity index (χ1) is 11.9. The van der Waals surface area contributed by atoms with Crippen molar-refractivity contribution in [1.82, 2.24) is 4.90 Å². The molecule has 25 heavy (non-hydrogen) atoms. The molecule has 0 bridgehead atoms. The number of aliphatic carboxylic acids is 1. The van der Waals surface area contributed by atoms with Gasteiger partial charge in [-0.2, -0.15) is 0 Å². The van der Waals surface area contributed by atoms with Crippen molar-refractivity contribution in [2.24, 2.45) is 0 Å². The minimum absolute atomic E-state index is 0.00623. The highest BCUT2D eigenvalue weighted by Crippen LogP contribution is 2.24. The van der Waals surface area contributed by atoms with Crippen LogP contribution in [0.4, 0.5) is 0 Å². The third-order valence-corrected chi connectivity index (χ3v) is 4.72. The van der Waals surface area contributed by atoms with E-state index in [1.54, 1.807) is 13.0 Å². The van der Waals surface area contributed by atoms with E-state index in [0.29, 0.717) is 41.5 Å². The van der Waals surface area contributed by atoms with Crippen LogP contribution in [-0.4, -0.2) is 39.6 Å². The molecule has 1 aliphatic heterocycles. The molecule has 7 nitrogen and oxygen atoms in total. The van der Waals surface area contributed by atoms with Crippen molar-refractivity contribution in [1.29, 1.82) is 0 Å². The fourth-order valence-corrected chi connectivity index (χ4v) is 3.37. The van der Waals surface area contributed by atoms with Crippen LogP contribution in [0.5, 0.6) is 5.75 Å². The molecule has 2 aromatic rings. The Kier molecular flexibility index (Phi) is 4.48. The summed E-state index contributed by atoms with van der Waals surface area (Å²) in [5.74, 6) is -1.26. The molecule has 0 saturated carbocycles.